The molecule has 1 nitrogen and oxygen atoms in total. The highest BCUT2D eigenvalue weighted by Gasteiger charge is 2.01. The van der Waals surface area contributed by atoms with E-state index in [1.54, 1.807) is 0 Å². The summed E-state index contributed by atoms with van der Waals surface area (Å²) in [6.07, 6.45) is 12.6. The van der Waals surface area contributed by atoms with Gasteiger partial charge < -0.3 is 4.43 Å². The highest BCUT2D eigenvalue weighted by Crippen LogP contribution is 2.12. The van der Waals surface area contributed by atoms with Crippen molar-refractivity contribution < 1.29 is 8.82 Å². The van der Waals surface area contributed by atoms with Gasteiger partial charge in [0.15, 0.2) is 6.36 Å². The number of unbranched alkanes of at least 4 members (excludes halogenated alkanes) is 9. The molecule has 0 aliphatic heterocycles. The number of hydrogen-bond acceptors (Lipinski definition) is 1. The Bertz CT molecular complexity index is 133. The van der Waals surface area contributed by atoms with Crippen LogP contribution < -0.4 is 0 Å². The highest BCUT2D eigenvalue weighted by atomic mass is 28.2. The van der Waals surface area contributed by atoms with Crippen LogP contribution in [-0.2, 0) is 4.43 Å². The van der Waals surface area contributed by atoms with E-state index in [0.29, 0.717) is 16.9 Å². The Morgan fingerprint density at radius 1 is 0.875 bits per heavy atom. The molecule has 0 radical (unpaired) electrons. The largest absolute Gasteiger partial charge is 0.400 e. The molecule has 3 heteroatoms. The lowest BCUT2D eigenvalue weighted by Crippen LogP contribution is -2.02. The molecule has 1 unspecified atom stereocenters. The zero-order chi connectivity index (χ0) is 12.1. The van der Waals surface area contributed by atoms with E-state index in [2.05, 4.69) is 6.92 Å². The molecule has 0 amide bonds. The third kappa shape index (κ3) is 12.2. The van der Waals surface area contributed by atoms with Gasteiger partial charge in [0.05, 0.1) is 0 Å². The highest BCUT2D eigenvalue weighted by molar-refractivity contribution is 5.98. The van der Waals surface area contributed by atoms with Crippen molar-refractivity contribution in [1.29, 1.82) is 0 Å². The quantitative estimate of drug-likeness (QED) is 0.376. The molecule has 0 aliphatic carbocycles. The molecule has 0 aromatic carbocycles. The Balaban J connectivity index is 2.93. The molecule has 98 valence electrons. The summed E-state index contributed by atoms with van der Waals surface area (Å²) in [6.45, 7) is 2.25. The summed E-state index contributed by atoms with van der Waals surface area (Å²) in [5.74, 6) is 0. The summed E-state index contributed by atoms with van der Waals surface area (Å²) in [5, 5.41) is 0. The first-order valence-electron chi connectivity index (χ1n) is 6.98. The summed E-state index contributed by atoms with van der Waals surface area (Å²) in [5.41, 5.74) is 0. The Hall–Kier alpha value is 0.107. The van der Waals surface area contributed by atoms with Crippen LogP contribution in [-0.4, -0.2) is 16.8 Å². The maximum Gasteiger partial charge on any atom is 0.188 e. The van der Waals surface area contributed by atoms with Crippen molar-refractivity contribution >= 4 is 10.5 Å². The van der Waals surface area contributed by atoms with E-state index in [4.69, 9.17) is 4.43 Å². The summed E-state index contributed by atoms with van der Waals surface area (Å²) in [4.78, 5) is 0. The van der Waals surface area contributed by atoms with Crippen molar-refractivity contribution in [3.63, 3.8) is 0 Å². The van der Waals surface area contributed by atoms with E-state index in [1.165, 1.54) is 57.8 Å². The molecule has 0 saturated carbocycles. The first-order valence-corrected chi connectivity index (χ1v) is 7.79. The van der Waals surface area contributed by atoms with Crippen molar-refractivity contribution in [3.05, 3.63) is 0 Å². The van der Waals surface area contributed by atoms with Crippen LogP contribution in [0.1, 0.15) is 77.6 Å². The Morgan fingerprint density at radius 3 is 1.75 bits per heavy atom. The van der Waals surface area contributed by atoms with Crippen molar-refractivity contribution in [2.75, 3.05) is 0 Å². The van der Waals surface area contributed by atoms with Gasteiger partial charge in [0.2, 0.25) is 0 Å². The molecule has 0 heterocycles. The van der Waals surface area contributed by atoms with E-state index in [9.17, 15) is 4.39 Å². The van der Waals surface area contributed by atoms with Crippen LogP contribution in [0.3, 0.4) is 0 Å². The van der Waals surface area contributed by atoms with E-state index in [0.717, 1.165) is 6.42 Å². The molecule has 16 heavy (non-hydrogen) atoms. The van der Waals surface area contributed by atoms with E-state index < -0.39 is 6.36 Å². The second-order valence-electron chi connectivity index (χ2n) is 4.62. The molecule has 0 fully saturated rings. The minimum Gasteiger partial charge on any atom is -0.400 e. The first-order chi connectivity index (χ1) is 7.81. The normalized spacial score (nSPS) is 13.1. The molecule has 0 aromatic heterocycles. The average Bonchev–Trinajstić information content (AvgIpc) is 2.31. The van der Waals surface area contributed by atoms with Crippen molar-refractivity contribution in [2.45, 2.75) is 83.9 Å². The molecule has 0 aliphatic rings. The predicted octanol–water partition coefficient (Wildman–Crippen LogP) is 3.89. The fourth-order valence-corrected chi connectivity index (χ4v) is 2.15. The molecular weight excluding hydrogens is 219 g/mol. The SMILES string of the molecule is CCCCCCCCCCCCC(F)O[SiH3]. The van der Waals surface area contributed by atoms with E-state index in [-0.39, 0.29) is 0 Å². The molecule has 0 rings (SSSR count). The lowest BCUT2D eigenvalue weighted by atomic mass is 10.1. The summed E-state index contributed by atoms with van der Waals surface area (Å²) >= 11 is 0. The van der Waals surface area contributed by atoms with Crippen LogP contribution in [0.2, 0.25) is 0 Å². The number of rotatable bonds is 12. The van der Waals surface area contributed by atoms with Gasteiger partial charge in [0.25, 0.3) is 0 Å². The third-order valence-corrected chi connectivity index (χ3v) is 3.55. The molecule has 0 spiro atoms. The summed E-state index contributed by atoms with van der Waals surface area (Å²) in [6, 6.07) is 0. The third-order valence-electron chi connectivity index (χ3n) is 3.04. The Labute approximate surface area is 104 Å². The van der Waals surface area contributed by atoms with Gasteiger partial charge >= 0.3 is 0 Å². The van der Waals surface area contributed by atoms with Crippen LogP contribution >= 0.6 is 0 Å². The smallest absolute Gasteiger partial charge is 0.188 e. The van der Waals surface area contributed by atoms with E-state index >= 15 is 0 Å². The van der Waals surface area contributed by atoms with Gasteiger partial charge in [-0.1, -0.05) is 64.7 Å². The Morgan fingerprint density at radius 2 is 1.31 bits per heavy atom. The van der Waals surface area contributed by atoms with Crippen LogP contribution in [0.25, 0.3) is 0 Å². The van der Waals surface area contributed by atoms with Crippen LogP contribution in [0, 0.1) is 0 Å². The minimum absolute atomic E-state index is 0.519. The second-order valence-corrected chi connectivity index (χ2v) is 5.09. The zero-order valence-electron chi connectivity index (χ0n) is 11.1. The molecule has 0 saturated heterocycles. The van der Waals surface area contributed by atoms with Crippen molar-refractivity contribution in [3.8, 4) is 0 Å². The van der Waals surface area contributed by atoms with Crippen LogP contribution in [0.5, 0.6) is 0 Å². The fraction of sp³-hybridized carbons (Fsp3) is 1.00. The lowest BCUT2D eigenvalue weighted by molar-refractivity contribution is 0.0663. The van der Waals surface area contributed by atoms with Crippen LogP contribution in [0.15, 0.2) is 0 Å². The van der Waals surface area contributed by atoms with Gasteiger partial charge in [0, 0.05) is 6.42 Å². The van der Waals surface area contributed by atoms with Crippen molar-refractivity contribution in [2.24, 2.45) is 0 Å². The fourth-order valence-electron chi connectivity index (χ4n) is 1.91. The summed E-state index contributed by atoms with van der Waals surface area (Å²) in [7, 11) is 0.519. The van der Waals surface area contributed by atoms with Gasteiger partial charge in [-0.15, -0.1) is 0 Å². The van der Waals surface area contributed by atoms with Gasteiger partial charge in [-0.3, -0.25) is 0 Å². The van der Waals surface area contributed by atoms with Crippen LogP contribution in [0.4, 0.5) is 4.39 Å². The molecular formula is C13H29FOSi. The average molecular weight is 248 g/mol. The summed E-state index contributed by atoms with van der Waals surface area (Å²) < 4.78 is 17.4. The second kappa shape index (κ2) is 13.2. The predicted molar refractivity (Wildman–Crippen MR) is 72.4 cm³/mol. The van der Waals surface area contributed by atoms with E-state index in [1.807, 2.05) is 0 Å². The van der Waals surface area contributed by atoms with Gasteiger partial charge in [-0.05, 0) is 6.42 Å². The standard InChI is InChI=1S/C13H29FOSi/c1-2-3-4-5-6-7-8-9-10-11-12-13(14)15-16/h13H,2-12H2,1,16H3. The van der Waals surface area contributed by atoms with Crippen molar-refractivity contribution in [1.82, 2.24) is 0 Å². The topological polar surface area (TPSA) is 9.23 Å². The first kappa shape index (κ1) is 16.1. The monoisotopic (exact) mass is 248 g/mol. The van der Waals surface area contributed by atoms with Gasteiger partial charge in [-0.25, -0.2) is 4.39 Å². The minimum atomic E-state index is -0.985. The maximum atomic E-state index is 12.7. The lowest BCUT2D eigenvalue weighted by Gasteiger charge is -2.05. The molecule has 0 N–H and O–H groups in total. The van der Waals surface area contributed by atoms with Gasteiger partial charge in [-0.2, -0.15) is 0 Å². The Kier molecular flexibility index (Phi) is 13.3. The molecule has 1 atom stereocenters. The van der Waals surface area contributed by atoms with Gasteiger partial charge in [0.1, 0.15) is 10.5 Å². The molecule has 0 aromatic rings. The number of hydrogen-bond donors (Lipinski definition) is 0. The molecule has 0 bridgehead atoms. The maximum absolute atomic E-state index is 12.7. The number of halogens is 1. The zero-order valence-corrected chi connectivity index (χ0v) is 13.1. The number of alkyl halides is 1.